The van der Waals surface area contributed by atoms with Crippen LogP contribution in [0.4, 0.5) is 13.2 Å². The fraction of sp³-hybridized carbons (Fsp3) is 0.158. The SMILES string of the molecule is O=C(NCCc1ccc(C(F)(F)F)cc1)c1cccc2cccnc12. The average molecular weight is 344 g/mol. The van der Waals surface area contributed by atoms with Crippen molar-refractivity contribution in [3.05, 3.63) is 77.5 Å². The summed E-state index contributed by atoms with van der Waals surface area (Å²) in [4.78, 5) is 16.6. The molecule has 1 heterocycles. The Balaban J connectivity index is 1.63. The maximum atomic E-state index is 12.5. The molecule has 2 aromatic carbocycles. The predicted octanol–water partition coefficient (Wildman–Crippen LogP) is 4.23. The van der Waals surface area contributed by atoms with Gasteiger partial charge < -0.3 is 5.32 Å². The number of rotatable bonds is 4. The first-order valence-electron chi connectivity index (χ1n) is 7.73. The second-order valence-corrected chi connectivity index (χ2v) is 5.58. The molecule has 0 saturated heterocycles. The van der Waals surface area contributed by atoms with Crippen molar-refractivity contribution in [1.29, 1.82) is 0 Å². The molecule has 3 aromatic rings. The lowest BCUT2D eigenvalue weighted by Crippen LogP contribution is -2.26. The third kappa shape index (κ3) is 3.96. The van der Waals surface area contributed by atoms with Crippen molar-refractivity contribution in [3.8, 4) is 0 Å². The molecule has 0 fully saturated rings. The third-order valence-corrected chi connectivity index (χ3v) is 3.86. The summed E-state index contributed by atoms with van der Waals surface area (Å²) < 4.78 is 37.6. The number of alkyl halides is 3. The molecule has 6 heteroatoms. The van der Waals surface area contributed by atoms with Crippen molar-refractivity contribution in [2.75, 3.05) is 6.54 Å². The van der Waals surface area contributed by atoms with Crippen molar-refractivity contribution >= 4 is 16.8 Å². The van der Waals surface area contributed by atoms with Gasteiger partial charge in [0.05, 0.1) is 16.6 Å². The van der Waals surface area contributed by atoms with Gasteiger partial charge in [0.2, 0.25) is 0 Å². The molecule has 0 unspecified atom stereocenters. The number of fused-ring (bicyclic) bond motifs is 1. The summed E-state index contributed by atoms with van der Waals surface area (Å²) in [6.07, 6.45) is -2.27. The van der Waals surface area contributed by atoms with Crippen LogP contribution in [0.2, 0.25) is 0 Å². The molecule has 1 amide bonds. The van der Waals surface area contributed by atoms with Crippen LogP contribution in [0.5, 0.6) is 0 Å². The van der Waals surface area contributed by atoms with Crippen LogP contribution < -0.4 is 5.32 Å². The Morgan fingerprint density at radius 3 is 2.44 bits per heavy atom. The van der Waals surface area contributed by atoms with Gasteiger partial charge in [0.1, 0.15) is 0 Å². The standard InChI is InChI=1S/C19H15F3N2O/c20-19(21,22)15-8-6-13(7-9-15)10-12-24-18(25)16-5-1-3-14-4-2-11-23-17(14)16/h1-9,11H,10,12H2,(H,24,25). The average Bonchev–Trinajstić information content (AvgIpc) is 2.61. The summed E-state index contributed by atoms with van der Waals surface area (Å²) >= 11 is 0. The topological polar surface area (TPSA) is 42.0 Å². The molecule has 0 atom stereocenters. The smallest absolute Gasteiger partial charge is 0.352 e. The Bertz CT molecular complexity index is 884. The lowest BCUT2D eigenvalue weighted by molar-refractivity contribution is -0.137. The summed E-state index contributed by atoms with van der Waals surface area (Å²) in [5.74, 6) is -0.254. The number of pyridine rings is 1. The Hall–Kier alpha value is -2.89. The largest absolute Gasteiger partial charge is 0.416 e. The van der Waals surface area contributed by atoms with Crippen LogP contribution in [0.1, 0.15) is 21.5 Å². The molecule has 0 aliphatic rings. The molecule has 0 spiro atoms. The zero-order valence-corrected chi connectivity index (χ0v) is 13.2. The van der Waals surface area contributed by atoms with Gasteiger partial charge in [-0.1, -0.05) is 30.3 Å². The van der Waals surface area contributed by atoms with E-state index in [2.05, 4.69) is 10.3 Å². The second-order valence-electron chi connectivity index (χ2n) is 5.58. The van der Waals surface area contributed by atoms with Gasteiger partial charge in [0, 0.05) is 18.1 Å². The van der Waals surface area contributed by atoms with Crippen LogP contribution in [0.25, 0.3) is 10.9 Å². The molecule has 0 aliphatic heterocycles. The molecule has 0 bridgehead atoms. The number of benzene rings is 2. The fourth-order valence-corrected chi connectivity index (χ4v) is 2.56. The Morgan fingerprint density at radius 1 is 1.00 bits per heavy atom. The number of carbonyl (C=O) groups is 1. The number of para-hydroxylation sites is 1. The highest BCUT2D eigenvalue weighted by Crippen LogP contribution is 2.29. The third-order valence-electron chi connectivity index (χ3n) is 3.86. The zero-order chi connectivity index (χ0) is 17.9. The van der Waals surface area contributed by atoms with E-state index in [-0.39, 0.29) is 5.91 Å². The molecule has 0 radical (unpaired) electrons. The van der Waals surface area contributed by atoms with E-state index in [9.17, 15) is 18.0 Å². The van der Waals surface area contributed by atoms with E-state index >= 15 is 0 Å². The van der Waals surface area contributed by atoms with Gasteiger partial charge in [0.25, 0.3) is 5.91 Å². The molecule has 3 rings (SSSR count). The van der Waals surface area contributed by atoms with Gasteiger partial charge in [-0.05, 0) is 36.2 Å². The highest BCUT2D eigenvalue weighted by molar-refractivity contribution is 6.05. The van der Waals surface area contributed by atoms with Gasteiger partial charge in [-0.3, -0.25) is 9.78 Å². The van der Waals surface area contributed by atoms with Crippen LogP contribution >= 0.6 is 0 Å². The maximum absolute atomic E-state index is 12.5. The minimum absolute atomic E-state index is 0.254. The molecule has 0 saturated carbocycles. The summed E-state index contributed by atoms with van der Waals surface area (Å²) in [6, 6.07) is 14.0. The van der Waals surface area contributed by atoms with E-state index in [0.29, 0.717) is 24.0 Å². The van der Waals surface area contributed by atoms with Gasteiger partial charge >= 0.3 is 6.18 Å². The molecule has 1 N–H and O–H groups in total. The van der Waals surface area contributed by atoms with Gasteiger partial charge in [-0.15, -0.1) is 0 Å². The molecule has 1 aromatic heterocycles. The van der Waals surface area contributed by atoms with Crippen molar-refractivity contribution in [3.63, 3.8) is 0 Å². The van der Waals surface area contributed by atoms with Crippen LogP contribution in [0.15, 0.2) is 60.8 Å². The number of hydrogen-bond acceptors (Lipinski definition) is 2. The number of nitrogens with one attached hydrogen (secondary N) is 1. The Labute approximate surface area is 142 Å². The minimum atomic E-state index is -4.34. The number of halogens is 3. The first kappa shape index (κ1) is 17.0. The quantitative estimate of drug-likeness (QED) is 0.770. The lowest BCUT2D eigenvalue weighted by atomic mass is 10.1. The molecule has 3 nitrogen and oxygen atoms in total. The fourth-order valence-electron chi connectivity index (χ4n) is 2.56. The maximum Gasteiger partial charge on any atom is 0.416 e. The number of aromatic nitrogens is 1. The van der Waals surface area contributed by atoms with Crippen LogP contribution in [-0.4, -0.2) is 17.4 Å². The molecule has 0 aliphatic carbocycles. The first-order valence-corrected chi connectivity index (χ1v) is 7.73. The predicted molar refractivity (Wildman–Crippen MR) is 89.2 cm³/mol. The summed E-state index contributed by atoms with van der Waals surface area (Å²) in [5, 5.41) is 3.66. The second kappa shape index (κ2) is 6.93. The van der Waals surface area contributed by atoms with Crippen molar-refractivity contribution in [2.45, 2.75) is 12.6 Å². The zero-order valence-electron chi connectivity index (χ0n) is 13.2. The number of nitrogens with zero attached hydrogens (tertiary/aromatic N) is 1. The van der Waals surface area contributed by atoms with Crippen LogP contribution in [0, 0.1) is 0 Å². The van der Waals surface area contributed by atoms with E-state index in [0.717, 1.165) is 23.1 Å². The van der Waals surface area contributed by atoms with Crippen LogP contribution in [0.3, 0.4) is 0 Å². The Kier molecular flexibility index (Phi) is 4.70. The lowest BCUT2D eigenvalue weighted by Gasteiger charge is -2.09. The molecule has 25 heavy (non-hydrogen) atoms. The summed E-state index contributed by atoms with van der Waals surface area (Å²) in [7, 11) is 0. The van der Waals surface area contributed by atoms with Gasteiger partial charge in [-0.25, -0.2) is 0 Å². The van der Waals surface area contributed by atoms with Gasteiger partial charge in [0.15, 0.2) is 0 Å². The normalized spacial score (nSPS) is 11.5. The highest BCUT2D eigenvalue weighted by atomic mass is 19.4. The van der Waals surface area contributed by atoms with E-state index in [4.69, 9.17) is 0 Å². The van der Waals surface area contributed by atoms with Crippen LogP contribution in [-0.2, 0) is 12.6 Å². The first-order chi connectivity index (χ1) is 11.9. The number of carbonyl (C=O) groups excluding carboxylic acids is 1. The van der Waals surface area contributed by atoms with E-state index < -0.39 is 11.7 Å². The highest BCUT2D eigenvalue weighted by Gasteiger charge is 2.29. The van der Waals surface area contributed by atoms with E-state index in [1.54, 1.807) is 24.4 Å². The summed E-state index contributed by atoms with van der Waals surface area (Å²) in [5.41, 5.74) is 1.15. The monoisotopic (exact) mass is 344 g/mol. The number of hydrogen-bond donors (Lipinski definition) is 1. The molecular weight excluding hydrogens is 329 g/mol. The van der Waals surface area contributed by atoms with Crippen molar-refractivity contribution in [1.82, 2.24) is 10.3 Å². The molecular formula is C19H15F3N2O. The van der Waals surface area contributed by atoms with Crippen molar-refractivity contribution < 1.29 is 18.0 Å². The summed E-state index contributed by atoms with van der Waals surface area (Å²) in [6.45, 7) is 0.327. The Morgan fingerprint density at radius 2 is 1.72 bits per heavy atom. The molecule has 128 valence electrons. The van der Waals surface area contributed by atoms with E-state index in [1.807, 2.05) is 12.1 Å². The van der Waals surface area contributed by atoms with E-state index in [1.165, 1.54) is 12.1 Å². The minimum Gasteiger partial charge on any atom is -0.352 e. The van der Waals surface area contributed by atoms with Crippen molar-refractivity contribution in [2.24, 2.45) is 0 Å². The van der Waals surface area contributed by atoms with Gasteiger partial charge in [-0.2, -0.15) is 13.2 Å². The number of amides is 1.